The van der Waals surface area contributed by atoms with Gasteiger partial charge in [0.2, 0.25) is 5.78 Å². The number of ether oxygens (including phenoxy) is 1. The zero-order valence-corrected chi connectivity index (χ0v) is 17.5. The number of nitrogens with zero attached hydrogens (tertiary/aromatic N) is 3. The molecule has 142 valence electrons. The Hall–Kier alpha value is -2.09. The molecule has 1 fully saturated rings. The summed E-state index contributed by atoms with van der Waals surface area (Å²) in [7, 11) is 0. The number of benzene rings is 2. The Balaban J connectivity index is 1.51. The lowest BCUT2D eigenvalue weighted by Crippen LogP contribution is -2.36. The Morgan fingerprint density at radius 1 is 1.14 bits per heavy atom. The maximum Gasteiger partial charge on any atom is 0.215 e. The van der Waals surface area contributed by atoms with Gasteiger partial charge in [-0.15, -0.1) is 0 Å². The lowest BCUT2D eigenvalue weighted by atomic mass is 9.96. The molecule has 1 atom stereocenters. The fraction of sp³-hybridized carbons (Fsp3) is 0.286. The van der Waals surface area contributed by atoms with Crippen molar-refractivity contribution in [3.8, 4) is 0 Å². The molecule has 3 heterocycles. The van der Waals surface area contributed by atoms with Gasteiger partial charge in [0.05, 0.1) is 31.2 Å². The standard InChI is InChI=1S/C21H18BrN3O2S/c22-16-6-5-13(14-3-1-2-4-15(14)16)11-17-19-20(18(26)12-23-17)28-21(24-19)25-7-9-27-10-8-25/h1-6,12,17H,7-11H2. The van der Waals surface area contributed by atoms with Crippen molar-refractivity contribution in [1.82, 2.24) is 4.98 Å². The van der Waals surface area contributed by atoms with Crippen molar-refractivity contribution in [3.05, 3.63) is 57.0 Å². The van der Waals surface area contributed by atoms with Gasteiger partial charge in [-0.3, -0.25) is 9.79 Å². The maximum atomic E-state index is 12.4. The SMILES string of the molecule is O=C1C=NC(Cc2ccc(Br)c3ccccc23)c2nc(N3CCOCC3)sc21. The molecular weight excluding hydrogens is 438 g/mol. The van der Waals surface area contributed by atoms with E-state index in [9.17, 15) is 4.79 Å². The van der Waals surface area contributed by atoms with E-state index in [1.807, 2.05) is 6.07 Å². The summed E-state index contributed by atoms with van der Waals surface area (Å²) in [5.41, 5.74) is 2.02. The highest BCUT2D eigenvalue weighted by atomic mass is 79.9. The van der Waals surface area contributed by atoms with Crippen LogP contribution in [0.3, 0.4) is 0 Å². The van der Waals surface area contributed by atoms with Gasteiger partial charge < -0.3 is 9.64 Å². The number of aromatic nitrogens is 1. The number of thiazole rings is 1. The third kappa shape index (κ3) is 3.17. The molecule has 5 rings (SSSR count). The summed E-state index contributed by atoms with van der Waals surface area (Å²) in [5, 5.41) is 3.29. The van der Waals surface area contributed by atoms with E-state index in [4.69, 9.17) is 9.72 Å². The smallest absolute Gasteiger partial charge is 0.215 e. The number of carbonyl (C=O) groups is 1. The first-order chi connectivity index (χ1) is 13.7. The Kier molecular flexibility index (Phi) is 4.74. The maximum absolute atomic E-state index is 12.4. The third-order valence-electron chi connectivity index (χ3n) is 5.21. The number of Topliss-reactive ketones (excluding diaryl/α,β-unsaturated/α-hetero) is 1. The zero-order valence-electron chi connectivity index (χ0n) is 15.1. The lowest BCUT2D eigenvalue weighted by molar-refractivity contribution is 0.107. The minimum absolute atomic E-state index is 0.0380. The molecule has 1 unspecified atom stereocenters. The van der Waals surface area contributed by atoms with Crippen LogP contribution in [-0.4, -0.2) is 43.3 Å². The van der Waals surface area contributed by atoms with E-state index in [2.05, 4.69) is 56.2 Å². The van der Waals surface area contributed by atoms with Crippen LogP contribution in [-0.2, 0) is 11.2 Å². The van der Waals surface area contributed by atoms with Crippen molar-refractivity contribution in [3.63, 3.8) is 0 Å². The number of ketones is 1. The second-order valence-electron chi connectivity index (χ2n) is 6.92. The first-order valence-electron chi connectivity index (χ1n) is 9.28. The van der Waals surface area contributed by atoms with Crippen LogP contribution in [0.25, 0.3) is 10.8 Å². The number of hydrogen-bond donors (Lipinski definition) is 0. The number of hydrogen-bond acceptors (Lipinski definition) is 6. The van der Waals surface area contributed by atoms with Gasteiger partial charge in [0.1, 0.15) is 4.88 Å². The van der Waals surface area contributed by atoms with Crippen LogP contribution < -0.4 is 4.90 Å². The molecule has 28 heavy (non-hydrogen) atoms. The molecular formula is C21H18BrN3O2S. The Bertz CT molecular complexity index is 1090. The lowest BCUT2D eigenvalue weighted by Gasteiger charge is -2.26. The van der Waals surface area contributed by atoms with Crippen LogP contribution in [0.1, 0.15) is 27.0 Å². The minimum atomic E-state index is -0.136. The van der Waals surface area contributed by atoms with Crippen LogP contribution >= 0.6 is 27.3 Å². The molecule has 2 aliphatic rings. The Labute approximate surface area is 175 Å². The van der Waals surface area contributed by atoms with Crippen LogP contribution in [0.5, 0.6) is 0 Å². The topological polar surface area (TPSA) is 54.8 Å². The molecule has 2 aromatic carbocycles. The fourth-order valence-corrected chi connectivity index (χ4v) is 5.32. The number of fused-ring (bicyclic) bond motifs is 2. The summed E-state index contributed by atoms with van der Waals surface area (Å²) in [6, 6.07) is 12.4. The Morgan fingerprint density at radius 2 is 1.93 bits per heavy atom. The van der Waals surface area contributed by atoms with E-state index in [1.165, 1.54) is 33.9 Å². The highest BCUT2D eigenvalue weighted by Gasteiger charge is 2.29. The van der Waals surface area contributed by atoms with Gasteiger partial charge in [0, 0.05) is 24.0 Å². The molecule has 0 spiro atoms. The second kappa shape index (κ2) is 7.39. The molecule has 1 aromatic heterocycles. The first-order valence-corrected chi connectivity index (χ1v) is 10.9. The average Bonchev–Trinajstić information content (AvgIpc) is 3.19. The van der Waals surface area contributed by atoms with Gasteiger partial charge in [0.15, 0.2) is 5.13 Å². The molecule has 7 heteroatoms. The molecule has 2 aliphatic heterocycles. The molecule has 0 saturated carbocycles. The highest BCUT2D eigenvalue weighted by molar-refractivity contribution is 9.10. The molecule has 3 aromatic rings. The minimum Gasteiger partial charge on any atom is -0.378 e. The van der Waals surface area contributed by atoms with Crippen molar-refractivity contribution in [2.75, 3.05) is 31.2 Å². The van der Waals surface area contributed by atoms with Gasteiger partial charge >= 0.3 is 0 Å². The summed E-state index contributed by atoms with van der Waals surface area (Å²) < 4.78 is 6.52. The normalized spacial score (nSPS) is 19.2. The first kappa shape index (κ1) is 18.0. The summed E-state index contributed by atoms with van der Waals surface area (Å²) in [4.78, 5) is 24.7. The number of carbonyl (C=O) groups excluding carboxylic acids is 1. The summed E-state index contributed by atoms with van der Waals surface area (Å²) in [6.45, 7) is 3.01. The molecule has 0 radical (unpaired) electrons. The van der Waals surface area contributed by atoms with Crippen LogP contribution in [0.4, 0.5) is 5.13 Å². The van der Waals surface area contributed by atoms with E-state index in [-0.39, 0.29) is 11.8 Å². The largest absolute Gasteiger partial charge is 0.378 e. The van der Waals surface area contributed by atoms with E-state index < -0.39 is 0 Å². The van der Waals surface area contributed by atoms with Gasteiger partial charge in [-0.2, -0.15) is 0 Å². The molecule has 0 amide bonds. The van der Waals surface area contributed by atoms with Crippen molar-refractivity contribution >= 4 is 55.2 Å². The molecule has 0 N–H and O–H groups in total. The fourth-order valence-electron chi connectivity index (χ4n) is 3.76. The second-order valence-corrected chi connectivity index (χ2v) is 8.76. The number of aliphatic imine (C=N–C) groups is 1. The van der Waals surface area contributed by atoms with Crippen molar-refractivity contribution in [2.45, 2.75) is 12.5 Å². The average molecular weight is 456 g/mol. The number of rotatable bonds is 3. The van der Waals surface area contributed by atoms with Crippen LogP contribution in [0.15, 0.2) is 45.9 Å². The highest BCUT2D eigenvalue weighted by Crippen LogP contribution is 2.37. The predicted octanol–water partition coefficient (Wildman–Crippen LogP) is 4.45. The van der Waals surface area contributed by atoms with Gasteiger partial charge in [-0.05, 0) is 22.4 Å². The van der Waals surface area contributed by atoms with E-state index in [1.54, 1.807) is 0 Å². The van der Waals surface area contributed by atoms with Crippen molar-refractivity contribution in [2.24, 2.45) is 4.99 Å². The predicted molar refractivity (Wildman–Crippen MR) is 116 cm³/mol. The van der Waals surface area contributed by atoms with Crippen LogP contribution in [0, 0.1) is 0 Å². The number of morpholine rings is 1. The van der Waals surface area contributed by atoms with Crippen molar-refractivity contribution < 1.29 is 9.53 Å². The van der Waals surface area contributed by atoms with Crippen LogP contribution in [0.2, 0.25) is 0 Å². The monoisotopic (exact) mass is 455 g/mol. The molecule has 1 saturated heterocycles. The summed E-state index contributed by atoms with van der Waals surface area (Å²) in [6.07, 6.45) is 2.19. The number of halogens is 1. The van der Waals surface area contributed by atoms with E-state index >= 15 is 0 Å². The van der Waals surface area contributed by atoms with Gasteiger partial charge in [0.25, 0.3) is 0 Å². The molecule has 5 nitrogen and oxygen atoms in total. The summed E-state index contributed by atoms with van der Waals surface area (Å²) >= 11 is 5.12. The van der Waals surface area contributed by atoms with Gasteiger partial charge in [-0.1, -0.05) is 57.6 Å². The quantitative estimate of drug-likeness (QED) is 0.585. The molecule has 0 bridgehead atoms. The van der Waals surface area contributed by atoms with E-state index in [0.29, 0.717) is 13.2 Å². The van der Waals surface area contributed by atoms with E-state index in [0.717, 1.165) is 39.7 Å². The number of anilines is 1. The summed E-state index contributed by atoms with van der Waals surface area (Å²) in [5.74, 6) is -0.0380. The third-order valence-corrected chi connectivity index (χ3v) is 7.05. The Morgan fingerprint density at radius 3 is 2.75 bits per heavy atom. The van der Waals surface area contributed by atoms with Gasteiger partial charge in [-0.25, -0.2) is 4.98 Å². The zero-order chi connectivity index (χ0) is 19.1. The van der Waals surface area contributed by atoms with Crippen molar-refractivity contribution in [1.29, 1.82) is 0 Å². The molecule has 0 aliphatic carbocycles.